The van der Waals surface area contributed by atoms with Crippen molar-refractivity contribution in [1.82, 2.24) is 5.32 Å². The fourth-order valence-corrected chi connectivity index (χ4v) is 1.23. The van der Waals surface area contributed by atoms with Gasteiger partial charge in [-0.15, -0.1) is 0 Å². The number of carbonyl (C=O) groups is 1. The van der Waals surface area contributed by atoms with Crippen molar-refractivity contribution in [2.45, 2.75) is 19.0 Å². The minimum absolute atomic E-state index is 0.297. The number of rotatable bonds is 6. The SMILES string of the molecule is CS(=O)(=O)CCC(=O)NCC(O)C(F)F. The highest BCUT2D eigenvalue weighted by Crippen LogP contribution is 1.98. The van der Waals surface area contributed by atoms with Crippen molar-refractivity contribution in [3.63, 3.8) is 0 Å². The first-order valence-corrected chi connectivity index (χ1v) is 6.19. The van der Waals surface area contributed by atoms with Crippen LogP contribution < -0.4 is 5.32 Å². The molecule has 0 fully saturated rings. The van der Waals surface area contributed by atoms with E-state index < -0.39 is 34.8 Å². The van der Waals surface area contributed by atoms with Crippen LogP contribution in [0.1, 0.15) is 6.42 Å². The number of carbonyl (C=O) groups excluding carboxylic acids is 1. The number of hydrogen-bond donors (Lipinski definition) is 2. The molecule has 0 saturated heterocycles. The molecule has 1 amide bonds. The zero-order valence-electron chi connectivity index (χ0n) is 8.11. The molecule has 1 unspecified atom stereocenters. The van der Waals surface area contributed by atoms with Crippen LogP contribution >= 0.6 is 0 Å². The van der Waals surface area contributed by atoms with E-state index >= 15 is 0 Å². The van der Waals surface area contributed by atoms with Crippen LogP contribution in [-0.4, -0.2) is 50.5 Å². The van der Waals surface area contributed by atoms with E-state index in [0.717, 1.165) is 6.26 Å². The van der Waals surface area contributed by atoms with Crippen molar-refractivity contribution in [1.29, 1.82) is 0 Å². The molecule has 0 aromatic heterocycles. The van der Waals surface area contributed by atoms with Gasteiger partial charge in [-0.25, -0.2) is 17.2 Å². The Kier molecular flexibility index (Phi) is 5.66. The predicted molar refractivity (Wildman–Crippen MR) is 49.3 cm³/mol. The zero-order valence-corrected chi connectivity index (χ0v) is 8.93. The normalized spacial score (nSPS) is 13.9. The molecule has 0 aromatic rings. The summed E-state index contributed by atoms with van der Waals surface area (Å²) in [7, 11) is -3.25. The van der Waals surface area contributed by atoms with Crippen LogP contribution in [0, 0.1) is 0 Å². The molecule has 0 aliphatic rings. The molecule has 0 radical (unpaired) electrons. The Balaban J connectivity index is 3.77. The number of amides is 1. The molecule has 0 aliphatic carbocycles. The number of aliphatic hydroxyl groups is 1. The Bertz CT molecular complexity index is 304. The fraction of sp³-hybridized carbons (Fsp3) is 0.857. The number of hydrogen-bond acceptors (Lipinski definition) is 4. The third kappa shape index (κ3) is 8.25. The summed E-state index contributed by atoms with van der Waals surface area (Å²) in [4.78, 5) is 10.9. The Labute approximate surface area is 86.4 Å². The lowest BCUT2D eigenvalue weighted by molar-refractivity contribution is -0.121. The van der Waals surface area contributed by atoms with Crippen LogP contribution in [0.2, 0.25) is 0 Å². The lowest BCUT2D eigenvalue weighted by Crippen LogP contribution is -2.36. The van der Waals surface area contributed by atoms with Gasteiger partial charge in [0.2, 0.25) is 5.91 Å². The van der Waals surface area contributed by atoms with Crippen LogP contribution in [0.3, 0.4) is 0 Å². The molecule has 2 N–H and O–H groups in total. The molecule has 8 heteroatoms. The number of sulfone groups is 1. The molecular formula is C7H13F2NO4S. The molecule has 0 aliphatic heterocycles. The van der Waals surface area contributed by atoms with Gasteiger partial charge in [0.05, 0.1) is 5.75 Å². The molecule has 0 rings (SSSR count). The summed E-state index contributed by atoms with van der Waals surface area (Å²) in [5, 5.41) is 10.6. The Hall–Kier alpha value is -0.760. The number of halogens is 2. The van der Waals surface area contributed by atoms with Gasteiger partial charge in [0.15, 0.2) is 0 Å². The Morgan fingerprint density at radius 3 is 2.40 bits per heavy atom. The summed E-state index contributed by atoms with van der Waals surface area (Å²) in [6.45, 7) is -0.583. The summed E-state index contributed by atoms with van der Waals surface area (Å²) in [5.74, 6) is -1.02. The van der Waals surface area contributed by atoms with Crippen molar-refractivity contribution in [2.75, 3.05) is 18.6 Å². The highest BCUT2D eigenvalue weighted by atomic mass is 32.2. The van der Waals surface area contributed by atoms with Gasteiger partial charge in [-0.2, -0.15) is 0 Å². The van der Waals surface area contributed by atoms with E-state index in [-0.39, 0.29) is 12.2 Å². The van der Waals surface area contributed by atoms with Crippen molar-refractivity contribution >= 4 is 15.7 Å². The minimum Gasteiger partial charge on any atom is -0.385 e. The molecule has 0 aromatic carbocycles. The molecule has 90 valence electrons. The summed E-state index contributed by atoms with van der Waals surface area (Å²) in [5.41, 5.74) is 0. The fourth-order valence-electron chi connectivity index (χ4n) is 0.674. The topological polar surface area (TPSA) is 83.5 Å². The summed E-state index contributed by atoms with van der Waals surface area (Å²) < 4.78 is 44.8. The van der Waals surface area contributed by atoms with Gasteiger partial charge in [-0.05, 0) is 0 Å². The van der Waals surface area contributed by atoms with Crippen LogP contribution in [0.5, 0.6) is 0 Å². The molecule has 0 bridgehead atoms. The molecular weight excluding hydrogens is 232 g/mol. The minimum atomic E-state index is -3.25. The second-order valence-corrected chi connectivity index (χ2v) is 5.35. The standard InChI is InChI=1S/C7H13F2NO4S/c1-15(13,14)3-2-6(12)10-4-5(11)7(8)9/h5,7,11H,2-4H2,1H3,(H,10,12). The predicted octanol–water partition coefficient (Wildman–Crippen LogP) is -0.837. The monoisotopic (exact) mass is 245 g/mol. The van der Waals surface area contributed by atoms with Crippen LogP contribution in [0.4, 0.5) is 8.78 Å². The molecule has 0 saturated carbocycles. The third-order valence-corrected chi connectivity index (χ3v) is 2.44. The van der Waals surface area contributed by atoms with Gasteiger partial charge >= 0.3 is 0 Å². The maximum Gasteiger partial charge on any atom is 0.265 e. The quantitative estimate of drug-likeness (QED) is 0.639. The smallest absolute Gasteiger partial charge is 0.265 e. The zero-order chi connectivity index (χ0) is 12.1. The average Bonchev–Trinajstić information content (AvgIpc) is 2.09. The lowest BCUT2D eigenvalue weighted by Gasteiger charge is -2.10. The summed E-state index contributed by atoms with van der Waals surface area (Å²) in [6.07, 6.45) is -4.18. The Morgan fingerprint density at radius 1 is 1.47 bits per heavy atom. The first kappa shape index (κ1) is 14.2. The first-order chi connectivity index (χ1) is 6.72. The number of aliphatic hydroxyl groups excluding tert-OH is 1. The van der Waals surface area contributed by atoms with Gasteiger partial charge in [0, 0.05) is 19.2 Å². The highest BCUT2D eigenvalue weighted by molar-refractivity contribution is 7.90. The largest absolute Gasteiger partial charge is 0.385 e. The van der Waals surface area contributed by atoms with Crippen molar-refractivity contribution in [2.24, 2.45) is 0 Å². The van der Waals surface area contributed by atoms with Gasteiger partial charge in [-0.3, -0.25) is 4.79 Å². The van der Waals surface area contributed by atoms with Crippen LogP contribution in [0.15, 0.2) is 0 Å². The molecule has 0 spiro atoms. The van der Waals surface area contributed by atoms with Gasteiger partial charge < -0.3 is 10.4 Å². The molecule has 1 atom stereocenters. The van der Waals surface area contributed by atoms with E-state index in [1.54, 1.807) is 0 Å². The highest BCUT2D eigenvalue weighted by Gasteiger charge is 2.17. The van der Waals surface area contributed by atoms with Crippen molar-refractivity contribution < 1.29 is 27.1 Å². The van der Waals surface area contributed by atoms with Gasteiger partial charge in [0.1, 0.15) is 15.9 Å². The molecule has 5 nitrogen and oxygen atoms in total. The van der Waals surface area contributed by atoms with E-state index in [4.69, 9.17) is 5.11 Å². The summed E-state index contributed by atoms with van der Waals surface area (Å²) in [6, 6.07) is 0. The molecule has 15 heavy (non-hydrogen) atoms. The second-order valence-electron chi connectivity index (χ2n) is 3.09. The van der Waals surface area contributed by atoms with Gasteiger partial charge in [-0.1, -0.05) is 0 Å². The maximum atomic E-state index is 11.8. The van der Waals surface area contributed by atoms with E-state index in [0.29, 0.717) is 0 Å². The lowest BCUT2D eigenvalue weighted by atomic mass is 10.3. The summed E-state index contributed by atoms with van der Waals surface area (Å²) >= 11 is 0. The van der Waals surface area contributed by atoms with E-state index in [1.165, 1.54) is 0 Å². The molecule has 0 heterocycles. The second kappa shape index (κ2) is 5.96. The van der Waals surface area contributed by atoms with E-state index in [2.05, 4.69) is 0 Å². The Morgan fingerprint density at radius 2 is 2.00 bits per heavy atom. The van der Waals surface area contributed by atoms with Crippen LogP contribution in [-0.2, 0) is 14.6 Å². The van der Waals surface area contributed by atoms with E-state index in [1.807, 2.05) is 5.32 Å². The number of alkyl halides is 2. The van der Waals surface area contributed by atoms with Gasteiger partial charge in [0.25, 0.3) is 6.43 Å². The number of nitrogens with one attached hydrogen (secondary N) is 1. The first-order valence-electron chi connectivity index (χ1n) is 4.13. The third-order valence-electron chi connectivity index (χ3n) is 1.50. The average molecular weight is 245 g/mol. The van der Waals surface area contributed by atoms with Crippen LogP contribution in [0.25, 0.3) is 0 Å². The van der Waals surface area contributed by atoms with Crippen molar-refractivity contribution in [3.05, 3.63) is 0 Å². The maximum absolute atomic E-state index is 11.8. The van der Waals surface area contributed by atoms with Crippen molar-refractivity contribution in [3.8, 4) is 0 Å². The van der Waals surface area contributed by atoms with E-state index in [9.17, 15) is 22.0 Å².